The molecule has 0 saturated heterocycles. The molecule has 5 heteroatoms. The van der Waals surface area contributed by atoms with E-state index < -0.39 is 0 Å². The molecule has 1 aromatic heterocycles. The van der Waals surface area contributed by atoms with Gasteiger partial charge in [-0.25, -0.2) is 0 Å². The first-order chi connectivity index (χ1) is 8.67. The second-order valence-electron chi connectivity index (χ2n) is 5.07. The standard InChI is InChI=1S/C13H14N2O3/c16-7-5-13(3-4-13)8-15-11(17)9-2-1-6-14-10(9)12(15)18/h1-2,6,16H,3-5,7-8H2. The van der Waals surface area contributed by atoms with Gasteiger partial charge in [-0.3, -0.25) is 19.5 Å². The normalized spacial score (nSPS) is 20.2. The number of aliphatic hydroxyl groups excluding tert-OH is 1. The number of hydrogen-bond donors (Lipinski definition) is 1. The van der Waals surface area contributed by atoms with E-state index in [0.29, 0.717) is 18.5 Å². The molecule has 0 radical (unpaired) electrons. The number of rotatable bonds is 4. The van der Waals surface area contributed by atoms with Gasteiger partial charge in [0.05, 0.1) is 5.56 Å². The molecule has 2 aliphatic rings. The van der Waals surface area contributed by atoms with Crippen LogP contribution in [0.1, 0.15) is 40.1 Å². The number of pyridine rings is 1. The van der Waals surface area contributed by atoms with Gasteiger partial charge in [0, 0.05) is 19.3 Å². The number of aromatic nitrogens is 1. The van der Waals surface area contributed by atoms with Crippen LogP contribution in [0.15, 0.2) is 18.3 Å². The van der Waals surface area contributed by atoms with E-state index in [1.807, 2.05) is 0 Å². The van der Waals surface area contributed by atoms with Gasteiger partial charge in [0.1, 0.15) is 5.69 Å². The Morgan fingerprint density at radius 1 is 1.33 bits per heavy atom. The summed E-state index contributed by atoms with van der Waals surface area (Å²) in [6, 6.07) is 3.29. The minimum Gasteiger partial charge on any atom is -0.396 e. The van der Waals surface area contributed by atoms with E-state index >= 15 is 0 Å². The number of amides is 2. The predicted molar refractivity (Wildman–Crippen MR) is 63.0 cm³/mol. The van der Waals surface area contributed by atoms with Crippen molar-refractivity contribution in [2.24, 2.45) is 5.41 Å². The van der Waals surface area contributed by atoms with Crippen molar-refractivity contribution >= 4 is 11.8 Å². The monoisotopic (exact) mass is 246 g/mol. The van der Waals surface area contributed by atoms with Crippen LogP contribution in [-0.4, -0.2) is 40.0 Å². The van der Waals surface area contributed by atoms with Crippen molar-refractivity contribution in [3.05, 3.63) is 29.6 Å². The summed E-state index contributed by atoms with van der Waals surface area (Å²) in [4.78, 5) is 29.5. The molecule has 1 aliphatic heterocycles. The van der Waals surface area contributed by atoms with Crippen molar-refractivity contribution in [1.82, 2.24) is 9.88 Å². The van der Waals surface area contributed by atoms with Crippen LogP contribution in [0.3, 0.4) is 0 Å². The molecule has 94 valence electrons. The first kappa shape index (κ1) is 11.3. The van der Waals surface area contributed by atoms with E-state index in [9.17, 15) is 9.59 Å². The highest BCUT2D eigenvalue weighted by molar-refractivity contribution is 6.20. The zero-order valence-corrected chi connectivity index (χ0v) is 9.93. The van der Waals surface area contributed by atoms with Crippen molar-refractivity contribution < 1.29 is 14.7 Å². The molecular formula is C13H14N2O3. The summed E-state index contributed by atoms with van der Waals surface area (Å²) in [6.07, 6.45) is 4.10. The van der Waals surface area contributed by atoms with Crippen LogP contribution in [0, 0.1) is 5.41 Å². The first-order valence-corrected chi connectivity index (χ1v) is 6.09. The number of fused-ring (bicyclic) bond motifs is 1. The van der Waals surface area contributed by atoms with Crippen LogP contribution in [0.25, 0.3) is 0 Å². The molecule has 1 saturated carbocycles. The van der Waals surface area contributed by atoms with Gasteiger partial charge >= 0.3 is 0 Å². The molecular weight excluding hydrogens is 232 g/mol. The Labute approximate surface area is 104 Å². The van der Waals surface area contributed by atoms with Crippen LogP contribution in [0.2, 0.25) is 0 Å². The van der Waals surface area contributed by atoms with Gasteiger partial charge in [-0.05, 0) is 36.8 Å². The summed E-state index contributed by atoms with van der Waals surface area (Å²) < 4.78 is 0. The number of hydrogen-bond acceptors (Lipinski definition) is 4. The zero-order valence-electron chi connectivity index (χ0n) is 9.93. The second-order valence-corrected chi connectivity index (χ2v) is 5.07. The molecule has 0 aromatic carbocycles. The van der Waals surface area contributed by atoms with Gasteiger partial charge in [-0.1, -0.05) is 0 Å². The fourth-order valence-corrected chi connectivity index (χ4v) is 2.49. The Hall–Kier alpha value is -1.75. The highest BCUT2D eigenvalue weighted by Crippen LogP contribution is 2.49. The summed E-state index contributed by atoms with van der Waals surface area (Å²) in [7, 11) is 0. The quantitative estimate of drug-likeness (QED) is 0.799. The largest absolute Gasteiger partial charge is 0.396 e. The molecule has 18 heavy (non-hydrogen) atoms. The van der Waals surface area contributed by atoms with Crippen LogP contribution >= 0.6 is 0 Å². The molecule has 0 bridgehead atoms. The summed E-state index contributed by atoms with van der Waals surface area (Å²) in [5.74, 6) is -0.563. The summed E-state index contributed by atoms with van der Waals surface area (Å²) in [5.41, 5.74) is 0.590. The molecule has 3 rings (SSSR count). The molecule has 1 N–H and O–H groups in total. The van der Waals surface area contributed by atoms with Crippen molar-refractivity contribution in [3.8, 4) is 0 Å². The molecule has 2 heterocycles. The van der Waals surface area contributed by atoms with E-state index in [1.54, 1.807) is 12.1 Å². The average molecular weight is 246 g/mol. The summed E-state index contributed by atoms with van der Waals surface area (Å²) >= 11 is 0. The molecule has 1 aliphatic carbocycles. The third kappa shape index (κ3) is 1.62. The molecule has 1 fully saturated rings. The Morgan fingerprint density at radius 2 is 2.11 bits per heavy atom. The van der Waals surface area contributed by atoms with E-state index in [-0.39, 0.29) is 29.5 Å². The number of carbonyl (C=O) groups is 2. The maximum Gasteiger partial charge on any atom is 0.280 e. The van der Waals surface area contributed by atoms with Crippen LogP contribution in [0.4, 0.5) is 0 Å². The van der Waals surface area contributed by atoms with Crippen LogP contribution in [-0.2, 0) is 0 Å². The van der Waals surface area contributed by atoms with Gasteiger partial charge in [0.2, 0.25) is 0 Å². The number of aliphatic hydroxyl groups is 1. The minimum absolute atomic E-state index is 0.0535. The van der Waals surface area contributed by atoms with Gasteiger partial charge in [-0.15, -0.1) is 0 Å². The lowest BCUT2D eigenvalue weighted by atomic mass is 10.0. The van der Waals surface area contributed by atoms with E-state index in [4.69, 9.17) is 5.11 Å². The minimum atomic E-state index is -0.306. The average Bonchev–Trinajstić information content (AvgIpc) is 3.10. The molecule has 0 spiro atoms. The topological polar surface area (TPSA) is 70.5 Å². The van der Waals surface area contributed by atoms with E-state index in [0.717, 1.165) is 12.8 Å². The van der Waals surface area contributed by atoms with Crippen molar-refractivity contribution in [1.29, 1.82) is 0 Å². The van der Waals surface area contributed by atoms with Crippen LogP contribution < -0.4 is 0 Å². The fraction of sp³-hybridized carbons (Fsp3) is 0.462. The number of imide groups is 1. The van der Waals surface area contributed by atoms with Gasteiger partial charge in [0.15, 0.2) is 0 Å². The predicted octanol–water partition coefficient (Wildman–Crippen LogP) is 0.840. The molecule has 0 atom stereocenters. The molecule has 5 nitrogen and oxygen atoms in total. The maximum atomic E-state index is 12.1. The molecule has 1 aromatic rings. The van der Waals surface area contributed by atoms with Gasteiger partial charge < -0.3 is 5.11 Å². The highest BCUT2D eigenvalue weighted by atomic mass is 16.3. The Balaban J connectivity index is 1.84. The number of carbonyl (C=O) groups excluding carboxylic acids is 2. The number of nitrogens with zero attached hydrogens (tertiary/aromatic N) is 2. The van der Waals surface area contributed by atoms with Crippen molar-refractivity contribution in [2.75, 3.05) is 13.2 Å². The van der Waals surface area contributed by atoms with Gasteiger partial charge in [0.25, 0.3) is 11.8 Å². The second kappa shape index (κ2) is 3.88. The third-order valence-electron chi connectivity index (χ3n) is 3.82. The van der Waals surface area contributed by atoms with E-state index in [1.165, 1.54) is 11.1 Å². The third-order valence-corrected chi connectivity index (χ3v) is 3.82. The maximum absolute atomic E-state index is 12.1. The Bertz CT molecular complexity index is 488. The van der Waals surface area contributed by atoms with E-state index in [2.05, 4.69) is 4.98 Å². The highest BCUT2D eigenvalue weighted by Gasteiger charge is 2.48. The molecule has 0 unspecified atom stereocenters. The fourth-order valence-electron chi connectivity index (χ4n) is 2.49. The smallest absolute Gasteiger partial charge is 0.280 e. The first-order valence-electron chi connectivity index (χ1n) is 6.09. The van der Waals surface area contributed by atoms with Crippen molar-refractivity contribution in [2.45, 2.75) is 19.3 Å². The molecule has 2 amide bonds. The lowest BCUT2D eigenvalue weighted by molar-refractivity contribution is 0.0606. The van der Waals surface area contributed by atoms with Gasteiger partial charge in [-0.2, -0.15) is 0 Å². The Kier molecular flexibility index (Phi) is 2.45. The summed E-state index contributed by atoms with van der Waals surface area (Å²) in [5, 5.41) is 9.02. The Morgan fingerprint density at radius 3 is 2.72 bits per heavy atom. The lowest BCUT2D eigenvalue weighted by Crippen LogP contribution is -2.35. The van der Waals surface area contributed by atoms with Crippen LogP contribution in [0.5, 0.6) is 0 Å². The SMILES string of the molecule is O=C1c2cccnc2C(=O)N1CC1(CCO)CC1. The van der Waals surface area contributed by atoms with Crippen molar-refractivity contribution in [3.63, 3.8) is 0 Å². The zero-order chi connectivity index (χ0) is 12.8. The lowest BCUT2D eigenvalue weighted by Gasteiger charge is -2.20. The summed E-state index contributed by atoms with van der Waals surface area (Å²) in [6.45, 7) is 0.503.